The fraction of sp³-hybridized carbons (Fsp3) is 0.500. The molecule has 1 aromatic rings. The molecular formula is C18H25NO2. The SMILES string of the molecule is O=C(/C=C/C1CCCCC1)NC(CCO)c1ccccc1. The smallest absolute Gasteiger partial charge is 0.244 e. The molecule has 114 valence electrons. The van der Waals surface area contributed by atoms with Crippen LogP contribution in [0, 0.1) is 5.92 Å². The highest BCUT2D eigenvalue weighted by atomic mass is 16.3. The van der Waals surface area contributed by atoms with Crippen molar-refractivity contribution >= 4 is 5.91 Å². The average molecular weight is 287 g/mol. The van der Waals surface area contributed by atoms with Crippen molar-refractivity contribution in [2.75, 3.05) is 6.61 Å². The van der Waals surface area contributed by atoms with E-state index in [0.29, 0.717) is 12.3 Å². The largest absolute Gasteiger partial charge is 0.396 e. The summed E-state index contributed by atoms with van der Waals surface area (Å²) in [4.78, 5) is 12.1. The molecule has 0 saturated heterocycles. The Bertz CT molecular complexity index is 450. The lowest BCUT2D eigenvalue weighted by Gasteiger charge is -2.19. The van der Waals surface area contributed by atoms with Crippen molar-refractivity contribution in [1.29, 1.82) is 0 Å². The Morgan fingerprint density at radius 2 is 1.95 bits per heavy atom. The molecule has 1 atom stereocenters. The number of carbonyl (C=O) groups is 1. The third-order valence-corrected chi connectivity index (χ3v) is 4.11. The van der Waals surface area contributed by atoms with Gasteiger partial charge in [-0.25, -0.2) is 0 Å². The van der Waals surface area contributed by atoms with Gasteiger partial charge in [0, 0.05) is 6.61 Å². The van der Waals surface area contributed by atoms with Crippen molar-refractivity contribution in [1.82, 2.24) is 5.32 Å². The van der Waals surface area contributed by atoms with Gasteiger partial charge in [0.1, 0.15) is 0 Å². The number of rotatable bonds is 6. The van der Waals surface area contributed by atoms with Gasteiger partial charge in [0.25, 0.3) is 0 Å². The Kier molecular flexibility index (Phi) is 6.48. The van der Waals surface area contributed by atoms with Crippen LogP contribution in [0.15, 0.2) is 42.5 Å². The molecule has 1 amide bonds. The van der Waals surface area contributed by atoms with E-state index in [1.54, 1.807) is 6.08 Å². The van der Waals surface area contributed by atoms with Crippen LogP contribution in [0.4, 0.5) is 0 Å². The van der Waals surface area contributed by atoms with Crippen molar-refractivity contribution < 1.29 is 9.90 Å². The molecule has 3 heteroatoms. The topological polar surface area (TPSA) is 49.3 Å². The van der Waals surface area contributed by atoms with Crippen molar-refractivity contribution in [3.05, 3.63) is 48.0 Å². The summed E-state index contributed by atoms with van der Waals surface area (Å²) in [5.74, 6) is 0.486. The average Bonchev–Trinajstić information content (AvgIpc) is 2.54. The number of hydrogen-bond donors (Lipinski definition) is 2. The molecule has 1 fully saturated rings. The molecule has 1 saturated carbocycles. The molecule has 0 spiro atoms. The lowest BCUT2D eigenvalue weighted by molar-refractivity contribution is -0.117. The first kappa shape index (κ1) is 15.8. The maximum atomic E-state index is 12.1. The summed E-state index contributed by atoms with van der Waals surface area (Å²) < 4.78 is 0. The molecule has 1 aliphatic carbocycles. The van der Waals surface area contributed by atoms with E-state index in [1.165, 1.54) is 32.1 Å². The van der Waals surface area contributed by atoms with Gasteiger partial charge in [-0.1, -0.05) is 55.7 Å². The minimum atomic E-state index is -0.125. The molecule has 21 heavy (non-hydrogen) atoms. The predicted octanol–water partition coefficient (Wildman–Crippen LogP) is 3.36. The van der Waals surface area contributed by atoms with Crippen molar-refractivity contribution in [3.8, 4) is 0 Å². The highest BCUT2D eigenvalue weighted by Crippen LogP contribution is 2.24. The summed E-state index contributed by atoms with van der Waals surface area (Å²) in [5, 5.41) is 12.2. The molecule has 0 heterocycles. The summed E-state index contributed by atoms with van der Waals surface area (Å²) >= 11 is 0. The standard InChI is InChI=1S/C18H25NO2/c20-14-13-17(16-9-5-2-6-10-16)19-18(21)12-11-15-7-3-1-4-8-15/h2,5-6,9-12,15,17,20H,1,3-4,7-8,13-14H2,(H,19,21)/b12-11+. The van der Waals surface area contributed by atoms with E-state index in [1.807, 2.05) is 30.3 Å². The fourth-order valence-electron chi connectivity index (χ4n) is 2.91. The van der Waals surface area contributed by atoms with Gasteiger partial charge in [-0.15, -0.1) is 0 Å². The third-order valence-electron chi connectivity index (χ3n) is 4.11. The van der Waals surface area contributed by atoms with E-state index in [4.69, 9.17) is 0 Å². The van der Waals surface area contributed by atoms with Gasteiger partial charge in [-0.2, -0.15) is 0 Å². The number of nitrogens with one attached hydrogen (secondary N) is 1. The molecule has 0 aromatic heterocycles. The number of hydrogen-bond acceptors (Lipinski definition) is 2. The normalized spacial score (nSPS) is 17.8. The van der Waals surface area contributed by atoms with Crippen LogP contribution in [0.2, 0.25) is 0 Å². The molecule has 2 N–H and O–H groups in total. The zero-order valence-corrected chi connectivity index (χ0v) is 12.5. The van der Waals surface area contributed by atoms with E-state index >= 15 is 0 Å². The second-order valence-corrected chi connectivity index (χ2v) is 5.74. The van der Waals surface area contributed by atoms with Crippen LogP contribution in [-0.2, 0) is 4.79 Å². The maximum absolute atomic E-state index is 12.1. The van der Waals surface area contributed by atoms with Crippen LogP contribution in [0.5, 0.6) is 0 Å². The third kappa shape index (κ3) is 5.35. The monoisotopic (exact) mass is 287 g/mol. The highest BCUT2D eigenvalue weighted by Gasteiger charge is 2.14. The molecule has 0 aliphatic heterocycles. The van der Waals surface area contributed by atoms with Gasteiger partial charge in [0.15, 0.2) is 0 Å². The minimum Gasteiger partial charge on any atom is -0.396 e. The summed E-state index contributed by atoms with van der Waals surface area (Å²) in [6, 6.07) is 9.68. The number of aliphatic hydroxyl groups excluding tert-OH is 1. The zero-order valence-electron chi connectivity index (χ0n) is 12.5. The first-order valence-electron chi connectivity index (χ1n) is 7.94. The maximum Gasteiger partial charge on any atom is 0.244 e. The first-order valence-corrected chi connectivity index (χ1v) is 7.94. The molecule has 2 rings (SSSR count). The van der Waals surface area contributed by atoms with Gasteiger partial charge in [0.05, 0.1) is 6.04 Å². The molecular weight excluding hydrogens is 262 g/mol. The van der Waals surface area contributed by atoms with E-state index in [9.17, 15) is 9.90 Å². The highest BCUT2D eigenvalue weighted by molar-refractivity contribution is 5.87. The van der Waals surface area contributed by atoms with Gasteiger partial charge in [-0.3, -0.25) is 4.79 Å². The van der Waals surface area contributed by atoms with E-state index < -0.39 is 0 Å². The Morgan fingerprint density at radius 1 is 1.24 bits per heavy atom. The van der Waals surface area contributed by atoms with Crippen LogP contribution in [0.1, 0.15) is 50.1 Å². The van der Waals surface area contributed by atoms with Gasteiger partial charge < -0.3 is 10.4 Å². The Morgan fingerprint density at radius 3 is 2.62 bits per heavy atom. The number of carbonyl (C=O) groups excluding carboxylic acids is 1. The minimum absolute atomic E-state index is 0.0617. The zero-order chi connectivity index (χ0) is 14.9. The Balaban J connectivity index is 1.90. The summed E-state index contributed by atoms with van der Waals surface area (Å²) in [6.45, 7) is 0.0617. The molecule has 0 radical (unpaired) electrons. The van der Waals surface area contributed by atoms with Crippen LogP contribution >= 0.6 is 0 Å². The van der Waals surface area contributed by atoms with Gasteiger partial charge >= 0.3 is 0 Å². The number of allylic oxidation sites excluding steroid dienone is 1. The second-order valence-electron chi connectivity index (χ2n) is 5.74. The van der Waals surface area contributed by atoms with Gasteiger partial charge in [0.2, 0.25) is 5.91 Å². The van der Waals surface area contributed by atoms with Gasteiger partial charge in [-0.05, 0) is 36.8 Å². The fourth-order valence-corrected chi connectivity index (χ4v) is 2.91. The number of amides is 1. The van der Waals surface area contributed by atoms with E-state index in [2.05, 4.69) is 11.4 Å². The lowest BCUT2D eigenvalue weighted by Crippen LogP contribution is -2.27. The molecule has 3 nitrogen and oxygen atoms in total. The first-order chi connectivity index (χ1) is 10.3. The second kappa shape index (κ2) is 8.63. The van der Waals surface area contributed by atoms with Crippen LogP contribution in [-0.4, -0.2) is 17.6 Å². The van der Waals surface area contributed by atoms with Crippen LogP contribution in [0.3, 0.4) is 0 Å². The molecule has 1 unspecified atom stereocenters. The van der Waals surface area contributed by atoms with Crippen LogP contribution in [0.25, 0.3) is 0 Å². The number of aliphatic hydroxyl groups is 1. The van der Waals surface area contributed by atoms with E-state index in [0.717, 1.165) is 5.56 Å². The Hall–Kier alpha value is -1.61. The summed E-state index contributed by atoms with van der Waals surface area (Å²) in [5.41, 5.74) is 1.03. The summed E-state index contributed by atoms with van der Waals surface area (Å²) in [7, 11) is 0. The summed E-state index contributed by atoms with van der Waals surface area (Å²) in [6.07, 6.45) is 10.5. The van der Waals surface area contributed by atoms with Crippen LogP contribution < -0.4 is 5.32 Å². The van der Waals surface area contributed by atoms with Crippen molar-refractivity contribution in [3.63, 3.8) is 0 Å². The van der Waals surface area contributed by atoms with Crippen molar-refractivity contribution in [2.24, 2.45) is 5.92 Å². The number of benzene rings is 1. The lowest BCUT2D eigenvalue weighted by atomic mass is 9.89. The van der Waals surface area contributed by atoms with Crippen molar-refractivity contribution in [2.45, 2.75) is 44.6 Å². The van der Waals surface area contributed by atoms with E-state index in [-0.39, 0.29) is 18.6 Å². The Labute approximate surface area is 127 Å². The molecule has 1 aliphatic rings. The molecule has 1 aromatic carbocycles. The molecule has 0 bridgehead atoms. The predicted molar refractivity (Wildman–Crippen MR) is 84.7 cm³/mol. The quantitative estimate of drug-likeness (QED) is 0.788.